The van der Waals surface area contributed by atoms with Gasteiger partial charge in [-0.15, -0.1) is 11.8 Å². The number of para-hydroxylation sites is 1. The van der Waals surface area contributed by atoms with Gasteiger partial charge in [0.25, 0.3) is 11.1 Å². The van der Waals surface area contributed by atoms with Crippen LogP contribution in [0.3, 0.4) is 0 Å². The van der Waals surface area contributed by atoms with Crippen LogP contribution in [0.5, 0.6) is 5.75 Å². The Morgan fingerprint density at radius 3 is 2.75 bits per heavy atom. The molecule has 6 nitrogen and oxygen atoms in total. The Hall–Kier alpha value is -2.71. The first kappa shape index (κ1) is 20.0. The summed E-state index contributed by atoms with van der Waals surface area (Å²) in [6, 6.07) is 14.5. The lowest BCUT2D eigenvalue weighted by Gasteiger charge is -2.13. The second kappa shape index (κ2) is 8.99. The third-order valence-corrected chi connectivity index (χ3v) is 5.59. The number of rotatable bonds is 6. The van der Waals surface area contributed by atoms with Crippen molar-refractivity contribution in [3.8, 4) is 5.75 Å². The molecule has 1 N–H and O–H groups in total. The third kappa shape index (κ3) is 4.58. The van der Waals surface area contributed by atoms with Gasteiger partial charge in [-0.3, -0.25) is 19.3 Å². The van der Waals surface area contributed by atoms with Gasteiger partial charge in [0.1, 0.15) is 12.3 Å². The first-order valence-electron chi connectivity index (χ1n) is 8.34. The van der Waals surface area contributed by atoms with Gasteiger partial charge in [-0.1, -0.05) is 24.3 Å². The molecule has 0 radical (unpaired) electrons. The number of hydrogen-bond donors (Lipinski definition) is 1. The summed E-state index contributed by atoms with van der Waals surface area (Å²) >= 11 is 2.37. The second-order valence-corrected chi connectivity index (χ2v) is 7.66. The molecule has 0 aromatic heterocycles. The summed E-state index contributed by atoms with van der Waals surface area (Å²) in [7, 11) is 1.54. The van der Waals surface area contributed by atoms with Crippen LogP contribution in [0.1, 0.15) is 5.56 Å². The topological polar surface area (TPSA) is 75.7 Å². The van der Waals surface area contributed by atoms with E-state index in [1.54, 1.807) is 36.0 Å². The van der Waals surface area contributed by atoms with Gasteiger partial charge in [0.2, 0.25) is 5.91 Å². The Morgan fingerprint density at radius 1 is 1.21 bits per heavy atom. The molecule has 0 bridgehead atoms. The van der Waals surface area contributed by atoms with E-state index in [0.717, 1.165) is 21.6 Å². The molecule has 1 fully saturated rings. The highest BCUT2D eigenvalue weighted by atomic mass is 32.2. The van der Waals surface area contributed by atoms with Gasteiger partial charge in [0, 0.05) is 16.1 Å². The van der Waals surface area contributed by atoms with Crippen molar-refractivity contribution in [3.63, 3.8) is 0 Å². The zero-order valence-corrected chi connectivity index (χ0v) is 16.9. The van der Waals surface area contributed by atoms with Crippen molar-refractivity contribution in [2.45, 2.75) is 4.90 Å². The highest BCUT2D eigenvalue weighted by Crippen LogP contribution is 2.33. The predicted molar refractivity (Wildman–Crippen MR) is 113 cm³/mol. The van der Waals surface area contributed by atoms with Crippen molar-refractivity contribution in [2.75, 3.05) is 25.2 Å². The standard InChI is InChI=1S/C20H18N2O4S2/c1-26-16-9-4-3-6-13(16)10-17-19(24)22(20(25)28-17)12-18(23)21-14-7-5-8-15(11-14)27-2/h3-11H,12H2,1-2H3,(H,21,23)/b17-10-. The molecule has 1 saturated heterocycles. The van der Waals surface area contributed by atoms with Crippen molar-refractivity contribution >= 4 is 52.3 Å². The molecular formula is C20H18N2O4S2. The molecule has 0 saturated carbocycles. The molecule has 3 amide bonds. The molecule has 1 heterocycles. The molecule has 0 atom stereocenters. The maximum atomic E-state index is 12.6. The number of hydrogen-bond acceptors (Lipinski definition) is 6. The number of benzene rings is 2. The van der Waals surface area contributed by atoms with Crippen LogP contribution >= 0.6 is 23.5 Å². The van der Waals surface area contributed by atoms with E-state index in [1.807, 2.05) is 36.6 Å². The first-order chi connectivity index (χ1) is 13.5. The monoisotopic (exact) mass is 414 g/mol. The lowest BCUT2D eigenvalue weighted by Crippen LogP contribution is -2.36. The number of ether oxygens (including phenoxy) is 1. The summed E-state index contributed by atoms with van der Waals surface area (Å²) in [4.78, 5) is 39.4. The fourth-order valence-corrected chi connectivity index (χ4v) is 3.90. The van der Waals surface area contributed by atoms with Crippen LogP contribution in [0.25, 0.3) is 6.08 Å². The number of anilines is 1. The molecular weight excluding hydrogens is 396 g/mol. The second-order valence-electron chi connectivity index (χ2n) is 5.79. The molecule has 0 spiro atoms. The van der Waals surface area contributed by atoms with Crippen LogP contribution in [-0.2, 0) is 9.59 Å². The number of amides is 3. The molecule has 8 heteroatoms. The molecule has 0 aliphatic carbocycles. The average Bonchev–Trinajstić information content (AvgIpc) is 2.96. The number of nitrogens with one attached hydrogen (secondary N) is 1. The third-order valence-electron chi connectivity index (χ3n) is 3.95. The van der Waals surface area contributed by atoms with Gasteiger partial charge < -0.3 is 10.1 Å². The summed E-state index contributed by atoms with van der Waals surface area (Å²) < 4.78 is 5.26. The van der Waals surface area contributed by atoms with E-state index in [4.69, 9.17) is 4.74 Å². The van der Waals surface area contributed by atoms with Gasteiger partial charge >= 0.3 is 0 Å². The summed E-state index contributed by atoms with van der Waals surface area (Å²) in [5.41, 5.74) is 1.31. The number of imide groups is 1. The fraction of sp³-hybridized carbons (Fsp3) is 0.150. The van der Waals surface area contributed by atoms with Crippen LogP contribution in [0.4, 0.5) is 10.5 Å². The van der Waals surface area contributed by atoms with E-state index in [1.165, 1.54) is 7.11 Å². The lowest BCUT2D eigenvalue weighted by molar-refractivity contribution is -0.127. The SMILES string of the molecule is COc1ccccc1/C=C1\SC(=O)N(CC(=O)Nc2cccc(SC)c2)C1=O. The smallest absolute Gasteiger partial charge is 0.294 e. The number of carbonyl (C=O) groups excluding carboxylic acids is 3. The Morgan fingerprint density at radius 2 is 2.00 bits per heavy atom. The van der Waals surface area contributed by atoms with E-state index < -0.39 is 17.1 Å². The van der Waals surface area contributed by atoms with Crippen LogP contribution in [-0.4, -0.2) is 41.9 Å². The number of nitrogens with zero attached hydrogens (tertiary/aromatic N) is 1. The van der Waals surface area contributed by atoms with E-state index in [-0.39, 0.29) is 11.4 Å². The lowest BCUT2D eigenvalue weighted by atomic mass is 10.2. The van der Waals surface area contributed by atoms with Gasteiger partial charge in [0.15, 0.2) is 0 Å². The molecule has 1 aliphatic rings. The summed E-state index contributed by atoms with van der Waals surface area (Å²) in [6.07, 6.45) is 3.54. The maximum absolute atomic E-state index is 12.6. The fourth-order valence-electron chi connectivity index (χ4n) is 2.61. The van der Waals surface area contributed by atoms with E-state index in [9.17, 15) is 14.4 Å². The minimum Gasteiger partial charge on any atom is -0.496 e. The van der Waals surface area contributed by atoms with Crippen LogP contribution in [0.15, 0.2) is 58.3 Å². The molecule has 3 rings (SSSR count). The van der Waals surface area contributed by atoms with Crippen molar-refractivity contribution in [3.05, 3.63) is 59.0 Å². The highest BCUT2D eigenvalue weighted by Gasteiger charge is 2.36. The van der Waals surface area contributed by atoms with E-state index in [2.05, 4.69) is 5.32 Å². The van der Waals surface area contributed by atoms with Crippen LogP contribution in [0.2, 0.25) is 0 Å². The quantitative estimate of drug-likeness (QED) is 0.567. The zero-order chi connectivity index (χ0) is 20.1. The van der Waals surface area contributed by atoms with Crippen molar-refractivity contribution < 1.29 is 19.1 Å². The van der Waals surface area contributed by atoms with Crippen molar-refractivity contribution in [1.82, 2.24) is 4.90 Å². The maximum Gasteiger partial charge on any atom is 0.294 e. The number of carbonyl (C=O) groups is 3. The Balaban J connectivity index is 1.71. The predicted octanol–water partition coefficient (Wildman–Crippen LogP) is 4.09. The molecule has 28 heavy (non-hydrogen) atoms. The van der Waals surface area contributed by atoms with Gasteiger partial charge in [-0.2, -0.15) is 0 Å². The van der Waals surface area contributed by atoms with E-state index in [0.29, 0.717) is 17.0 Å². The summed E-state index contributed by atoms with van der Waals surface area (Å²) in [5.74, 6) is -0.325. The Kier molecular flexibility index (Phi) is 6.43. The minimum absolute atomic E-state index is 0.256. The largest absolute Gasteiger partial charge is 0.496 e. The Bertz CT molecular complexity index is 959. The molecule has 2 aromatic rings. The minimum atomic E-state index is -0.492. The number of methoxy groups -OCH3 is 1. The van der Waals surface area contributed by atoms with E-state index >= 15 is 0 Å². The Labute approximate surface area is 171 Å². The number of thioether (sulfide) groups is 2. The zero-order valence-electron chi connectivity index (χ0n) is 15.3. The van der Waals surface area contributed by atoms with Crippen LogP contribution < -0.4 is 10.1 Å². The highest BCUT2D eigenvalue weighted by molar-refractivity contribution is 8.18. The van der Waals surface area contributed by atoms with Crippen LogP contribution in [0, 0.1) is 0 Å². The molecule has 2 aromatic carbocycles. The van der Waals surface area contributed by atoms with Gasteiger partial charge in [-0.25, -0.2) is 0 Å². The first-order valence-corrected chi connectivity index (χ1v) is 10.4. The molecule has 144 valence electrons. The normalized spacial score (nSPS) is 15.2. The van der Waals surface area contributed by atoms with Crippen molar-refractivity contribution in [2.24, 2.45) is 0 Å². The van der Waals surface area contributed by atoms with Crippen molar-refractivity contribution in [1.29, 1.82) is 0 Å². The average molecular weight is 415 g/mol. The summed E-state index contributed by atoms with van der Waals surface area (Å²) in [5, 5.41) is 2.25. The summed E-state index contributed by atoms with van der Waals surface area (Å²) in [6.45, 7) is -0.336. The van der Waals surface area contributed by atoms with Gasteiger partial charge in [-0.05, 0) is 48.4 Å². The van der Waals surface area contributed by atoms with Gasteiger partial charge in [0.05, 0.1) is 12.0 Å². The molecule has 0 unspecified atom stereocenters. The molecule has 1 aliphatic heterocycles.